The van der Waals surface area contributed by atoms with E-state index in [0.717, 1.165) is 12.8 Å². The van der Waals surface area contributed by atoms with E-state index >= 15 is 0 Å². The van der Waals surface area contributed by atoms with Gasteiger partial charge in [0.05, 0.1) is 0 Å². The number of rotatable bonds is 5. The molecule has 0 aliphatic heterocycles. The van der Waals surface area contributed by atoms with Crippen molar-refractivity contribution in [2.45, 2.75) is 47.5 Å². The van der Waals surface area contributed by atoms with Crippen LogP contribution < -0.4 is 0 Å². The van der Waals surface area contributed by atoms with Crippen molar-refractivity contribution in [2.75, 3.05) is 0 Å². The van der Waals surface area contributed by atoms with Crippen LogP contribution in [0.1, 0.15) is 47.5 Å². The molecule has 12 heavy (non-hydrogen) atoms. The highest BCUT2D eigenvalue weighted by Gasteiger charge is 2.25. The molecular weight excluding hydrogens is 148 g/mol. The molecule has 0 aliphatic rings. The van der Waals surface area contributed by atoms with Gasteiger partial charge >= 0.3 is 0 Å². The molecule has 0 saturated carbocycles. The summed E-state index contributed by atoms with van der Waals surface area (Å²) in [7, 11) is 0. The second-order valence-corrected chi connectivity index (χ2v) is 3.96. The van der Waals surface area contributed by atoms with Gasteiger partial charge in [-0.2, -0.15) is 0 Å². The number of Topliss-reactive ketones (excluding diaryl/α,β-unsaturated/α-hetero) is 1. The van der Waals surface area contributed by atoms with E-state index in [1.165, 1.54) is 0 Å². The van der Waals surface area contributed by atoms with Crippen LogP contribution in [0.5, 0.6) is 0 Å². The second kappa shape index (κ2) is 5.34. The molecule has 0 aromatic rings. The Balaban J connectivity index is 4.36. The fourth-order valence-corrected chi connectivity index (χ4v) is 2.14. The third kappa shape index (κ3) is 2.96. The summed E-state index contributed by atoms with van der Waals surface area (Å²) in [6, 6.07) is 0. The molecule has 0 radical (unpaired) electrons. The minimum Gasteiger partial charge on any atom is -0.300 e. The molecule has 0 heterocycles. The van der Waals surface area contributed by atoms with E-state index in [1.54, 1.807) is 6.92 Å². The zero-order valence-electron chi connectivity index (χ0n) is 9.05. The monoisotopic (exact) mass is 170 g/mol. The molecule has 0 amide bonds. The van der Waals surface area contributed by atoms with Gasteiger partial charge in [0.2, 0.25) is 0 Å². The van der Waals surface area contributed by atoms with Crippen molar-refractivity contribution in [1.82, 2.24) is 0 Å². The summed E-state index contributed by atoms with van der Waals surface area (Å²) in [4.78, 5) is 11.3. The highest BCUT2D eigenvalue weighted by atomic mass is 16.1. The van der Waals surface area contributed by atoms with Gasteiger partial charge in [-0.25, -0.2) is 0 Å². The maximum absolute atomic E-state index is 11.3. The zero-order chi connectivity index (χ0) is 9.72. The molecule has 0 aromatic carbocycles. The smallest absolute Gasteiger partial charge is 0.133 e. The average Bonchev–Trinajstić information content (AvgIpc) is 1.98. The highest BCUT2D eigenvalue weighted by Crippen LogP contribution is 2.27. The standard InChI is InChI=1S/C11H22O/c1-6-10(7-2)11(8(3)4)9(5)12/h8,10-11H,6-7H2,1-5H3. The first-order valence-electron chi connectivity index (χ1n) is 5.04. The Kier molecular flexibility index (Phi) is 5.19. The molecule has 1 atom stereocenters. The number of carbonyl (C=O) groups excluding carboxylic acids is 1. The van der Waals surface area contributed by atoms with Crippen LogP contribution >= 0.6 is 0 Å². The summed E-state index contributed by atoms with van der Waals surface area (Å²) >= 11 is 0. The molecule has 1 nitrogen and oxygen atoms in total. The Labute approximate surface area is 76.6 Å². The third-order valence-corrected chi connectivity index (χ3v) is 2.74. The Morgan fingerprint density at radius 2 is 1.58 bits per heavy atom. The van der Waals surface area contributed by atoms with Gasteiger partial charge in [-0.1, -0.05) is 40.5 Å². The van der Waals surface area contributed by atoms with E-state index in [4.69, 9.17) is 0 Å². The number of ketones is 1. The molecule has 1 unspecified atom stereocenters. The first-order chi connectivity index (χ1) is 5.54. The van der Waals surface area contributed by atoms with Crippen molar-refractivity contribution in [2.24, 2.45) is 17.8 Å². The Morgan fingerprint density at radius 3 is 1.67 bits per heavy atom. The average molecular weight is 170 g/mol. The minimum absolute atomic E-state index is 0.278. The first-order valence-corrected chi connectivity index (χ1v) is 5.04. The Bertz CT molecular complexity index is 134. The lowest BCUT2D eigenvalue weighted by molar-refractivity contribution is -0.124. The molecule has 0 bridgehead atoms. The molecule has 0 rings (SSSR count). The van der Waals surface area contributed by atoms with Crippen LogP contribution in [0.3, 0.4) is 0 Å². The summed E-state index contributed by atoms with van der Waals surface area (Å²) in [5.41, 5.74) is 0. The van der Waals surface area contributed by atoms with E-state index < -0.39 is 0 Å². The molecule has 1 heteroatoms. The van der Waals surface area contributed by atoms with Crippen molar-refractivity contribution >= 4 is 5.78 Å². The summed E-state index contributed by atoms with van der Waals surface area (Å²) in [6.07, 6.45) is 2.25. The maximum atomic E-state index is 11.3. The third-order valence-electron chi connectivity index (χ3n) is 2.74. The number of carbonyl (C=O) groups is 1. The van der Waals surface area contributed by atoms with Gasteiger partial charge in [0.15, 0.2) is 0 Å². The van der Waals surface area contributed by atoms with Gasteiger partial charge in [-0.3, -0.25) is 4.79 Å². The molecule has 0 fully saturated rings. The van der Waals surface area contributed by atoms with Crippen LogP contribution in [-0.4, -0.2) is 5.78 Å². The van der Waals surface area contributed by atoms with Gasteiger partial charge in [-0.05, 0) is 18.8 Å². The van der Waals surface area contributed by atoms with E-state index in [-0.39, 0.29) is 5.92 Å². The predicted octanol–water partition coefficient (Wildman–Crippen LogP) is 3.28. The van der Waals surface area contributed by atoms with E-state index in [9.17, 15) is 4.79 Å². The van der Waals surface area contributed by atoms with E-state index in [0.29, 0.717) is 17.6 Å². The van der Waals surface area contributed by atoms with E-state index in [2.05, 4.69) is 27.7 Å². The molecular formula is C11H22O. The van der Waals surface area contributed by atoms with Crippen LogP contribution in [0, 0.1) is 17.8 Å². The maximum Gasteiger partial charge on any atom is 0.133 e. The van der Waals surface area contributed by atoms with Crippen LogP contribution in [-0.2, 0) is 4.79 Å². The van der Waals surface area contributed by atoms with Gasteiger partial charge < -0.3 is 0 Å². The van der Waals surface area contributed by atoms with Crippen molar-refractivity contribution in [3.8, 4) is 0 Å². The second-order valence-electron chi connectivity index (χ2n) is 3.96. The fraction of sp³-hybridized carbons (Fsp3) is 0.909. The summed E-state index contributed by atoms with van der Waals surface area (Å²) in [6.45, 7) is 10.4. The van der Waals surface area contributed by atoms with Gasteiger partial charge in [-0.15, -0.1) is 0 Å². The lowest BCUT2D eigenvalue weighted by Gasteiger charge is -2.26. The van der Waals surface area contributed by atoms with Gasteiger partial charge in [0.1, 0.15) is 5.78 Å². The zero-order valence-corrected chi connectivity index (χ0v) is 9.05. The van der Waals surface area contributed by atoms with Crippen LogP contribution in [0.25, 0.3) is 0 Å². The fourth-order valence-electron chi connectivity index (χ4n) is 2.14. The SMILES string of the molecule is CCC(CC)C(C(C)=O)C(C)C. The van der Waals surface area contributed by atoms with Crippen LogP contribution in [0.15, 0.2) is 0 Å². The quantitative estimate of drug-likeness (QED) is 0.619. The summed E-state index contributed by atoms with van der Waals surface area (Å²) < 4.78 is 0. The highest BCUT2D eigenvalue weighted by molar-refractivity contribution is 5.78. The molecule has 0 N–H and O–H groups in total. The predicted molar refractivity (Wildman–Crippen MR) is 53.1 cm³/mol. The van der Waals surface area contributed by atoms with Crippen molar-refractivity contribution in [1.29, 1.82) is 0 Å². The van der Waals surface area contributed by atoms with Crippen molar-refractivity contribution in [3.05, 3.63) is 0 Å². The lowest BCUT2D eigenvalue weighted by Crippen LogP contribution is -2.26. The van der Waals surface area contributed by atoms with Gasteiger partial charge in [0, 0.05) is 5.92 Å². The molecule has 0 aliphatic carbocycles. The molecule has 0 saturated heterocycles. The normalized spacial score (nSPS) is 13.9. The van der Waals surface area contributed by atoms with Gasteiger partial charge in [0.25, 0.3) is 0 Å². The van der Waals surface area contributed by atoms with Crippen molar-refractivity contribution < 1.29 is 4.79 Å². The topological polar surface area (TPSA) is 17.1 Å². The van der Waals surface area contributed by atoms with E-state index in [1.807, 2.05) is 0 Å². The van der Waals surface area contributed by atoms with Crippen LogP contribution in [0.2, 0.25) is 0 Å². The minimum atomic E-state index is 0.278. The Morgan fingerprint density at radius 1 is 1.17 bits per heavy atom. The first kappa shape index (κ1) is 11.7. The molecule has 0 spiro atoms. The molecule has 0 aromatic heterocycles. The number of hydrogen-bond acceptors (Lipinski definition) is 1. The van der Waals surface area contributed by atoms with Crippen LogP contribution in [0.4, 0.5) is 0 Å². The number of hydrogen-bond donors (Lipinski definition) is 0. The summed E-state index contributed by atoms with van der Waals surface area (Å²) in [5, 5.41) is 0. The Hall–Kier alpha value is -0.330. The lowest BCUT2D eigenvalue weighted by atomic mass is 9.78. The summed E-state index contributed by atoms with van der Waals surface area (Å²) in [5.74, 6) is 1.72. The molecule has 72 valence electrons. The largest absolute Gasteiger partial charge is 0.300 e. The van der Waals surface area contributed by atoms with Crippen molar-refractivity contribution in [3.63, 3.8) is 0 Å².